The van der Waals surface area contributed by atoms with E-state index in [9.17, 15) is 4.79 Å². The van der Waals surface area contributed by atoms with Crippen LogP contribution in [0.25, 0.3) is 0 Å². The molecule has 1 aromatic heterocycles. The van der Waals surface area contributed by atoms with E-state index in [4.69, 9.17) is 5.11 Å². The minimum Gasteiger partial charge on any atom is -0.506 e. The summed E-state index contributed by atoms with van der Waals surface area (Å²) in [5.41, 5.74) is 0.158. The van der Waals surface area contributed by atoms with Crippen LogP contribution < -0.4 is 5.56 Å². The molecule has 1 heterocycles. The van der Waals surface area contributed by atoms with Crippen molar-refractivity contribution in [3.05, 3.63) is 22.1 Å². The lowest BCUT2D eigenvalue weighted by atomic mass is 10.4. The van der Waals surface area contributed by atoms with Gasteiger partial charge in [-0.3, -0.25) is 4.79 Å². The molecule has 10 heavy (non-hydrogen) atoms. The Balaban J connectivity index is 3.43. The molecule has 1 rings (SSSR count). The molecule has 1 aromatic rings. The lowest BCUT2D eigenvalue weighted by Gasteiger charge is -1.98. The second-order valence-electron chi connectivity index (χ2n) is 2.08. The van der Waals surface area contributed by atoms with E-state index in [2.05, 4.69) is 5.10 Å². The van der Waals surface area contributed by atoms with Crippen LogP contribution in [0, 0.1) is 6.92 Å². The maximum absolute atomic E-state index is 10.7. The Kier molecular flexibility index (Phi) is 1.45. The van der Waals surface area contributed by atoms with Crippen LogP contribution >= 0.6 is 0 Å². The molecule has 0 fully saturated rings. The van der Waals surface area contributed by atoms with Gasteiger partial charge in [0.2, 0.25) is 0 Å². The van der Waals surface area contributed by atoms with Crippen LogP contribution in [0.3, 0.4) is 0 Å². The van der Waals surface area contributed by atoms with Crippen molar-refractivity contribution < 1.29 is 5.11 Å². The zero-order chi connectivity index (χ0) is 7.72. The molecule has 0 atom stereocenters. The fourth-order valence-electron chi connectivity index (χ4n) is 0.640. The standard InChI is InChI=1S/C6H8N2O2/c1-4-5(9)3-6(10)8(2)7-4/h3,9H,1-2H3. The van der Waals surface area contributed by atoms with Crippen molar-refractivity contribution >= 4 is 0 Å². The van der Waals surface area contributed by atoms with Gasteiger partial charge in [0.25, 0.3) is 5.56 Å². The number of aryl methyl sites for hydroxylation is 2. The lowest BCUT2D eigenvalue weighted by Crippen LogP contribution is -2.18. The van der Waals surface area contributed by atoms with Crippen LogP contribution in [-0.4, -0.2) is 14.9 Å². The summed E-state index contributed by atoms with van der Waals surface area (Å²) in [6, 6.07) is 1.14. The fourth-order valence-corrected chi connectivity index (χ4v) is 0.640. The summed E-state index contributed by atoms with van der Waals surface area (Å²) in [5.74, 6) is -0.0527. The highest BCUT2D eigenvalue weighted by atomic mass is 16.3. The van der Waals surface area contributed by atoms with Crippen LogP contribution in [0.5, 0.6) is 5.75 Å². The van der Waals surface area contributed by atoms with Gasteiger partial charge in [-0.25, -0.2) is 4.68 Å². The second kappa shape index (κ2) is 2.13. The molecule has 0 aliphatic heterocycles. The third-order valence-corrected chi connectivity index (χ3v) is 1.25. The van der Waals surface area contributed by atoms with Crippen molar-refractivity contribution in [1.29, 1.82) is 0 Å². The van der Waals surface area contributed by atoms with Crippen LogP contribution in [-0.2, 0) is 7.05 Å². The van der Waals surface area contributed by atoms with E-state index in [0.29, 0.717) is 5.69 Å². The highest BCUT2D eigenvalue weighted by Gasteiger charge is 1.98. The molecule has 0 aromatic carbocycles. The topological polar surface area (TPSA) is 55.1 Å². The van der Waals surface area contributed by atoms with E-state index < -0.39 is 0 Å². The molecule has 0 spiro atoms. The third kappa shape index (κ3) is 1.00. The molecule has 0 saturated carbocycles. The fraction of sp³-hybridized carbons (Fsp3) is 0.333. The second-order valence-corrected chi connectivity index (χ2v) is 2.08. The van der Waals surface area contributed by atoms with Gasteiger partial charge >= 0.3 is 0 Å². The van der Waals surface area contributed by atoms with E-state index in [-0.39, 0.29) is 11.3 Å². The maximum atomic E-state index is 10.7. The third-order valence-electron chi connectivity index (χ3n) is 1.25. The summed E-state index contributed by atoms with van der Waals surface area (Å²) in [5, 5.41) is 12.7. The van der Waals surface area contributed by atoms with Crippen LogP contribution in [0.4, 0.5) is 0 Å². The van der Waals surface area contributed by atoms with E-state index in [1.54, 1.807) is 6.92 Å². The van der Waals surface area contributed by atoms with Crippen molar-refractivity contribution in [3.63, 3.8) is 0 Å². The molecule has 4 heteroatoms. The minimum atomic E-state index is -0.303. The largest absolute Gasteiger partial charge is 0.506 e. The van der Waals surface area contributed by atoms with Crippen LogP contribution in [0.2, 0.25) is 0 Å². The highest BCUT2D eigenvalue weighted by Crippen LogP contribution is 2.06. The molecule has 0 aliphatic carbocycles. The van der Waals surface area contributed by atoms with Crippen molar-refractivity contribution in [3.8, 4) is 5.75 Å². The molecule has 54 valence electrons. The van der Waals surface area contributed by atoms with Gasteiger partial charge in [-0.15, -0.1) is 0 Å². The normalized spacial score (nSPS) is 9.80. The lowest BCUT2D eigenvalue weighted by molar-refractivity contribution is 0.458. The van der Waals surface area contributed by atoms with Gasteiger partial charge in [0.1, 0.15) is 5.75 Å². The summed E-state index contributed by atoms with van der Waals surface area (Å²) >= 11 is 0. The molecule has 0 radical (unpaired) electrons. The molecular weight excluding hydrogens is 132 g/mol. The summed E-state index contributed by atoms with van der Waals surface area (Å²) in [7, 11) is 1.54. The monoisotopic (exact) mass is 140 g/mol. The van der Waals surface area contributed by atoms with E-state index in [1.807, 2.05) is 0 Å². The van der Waals surface area contributed by atoms with Crippen molar-refractivity contribution in [2.24, 2.45) is 7.05 Å². The van der Waals surface area contributed by atoms with Crippen molar-refractivity contribution in [2.45, 2.75) is 6.92 Å². The number of rotatable bonds is 0. The molecular formula is C6H8N2O2. The average molecular weight is 140 g/mol. The molecule has 0 amide bonds. The number of aromatic nitrogens is 2. The maximum Gasteiger partial charge on any atom is 0.270 e. The zero-order valence-electron chi connectivity index (χ0n) is 5.83. The van der Waals surface area contributed by atoms with E-state index in [1.165, 1.54) is 11.7 Å². The number of hydrogen-bond acceptors (Lipinski definition) is 3. The van der Waals surface area contributed by atoms with Gasteiger partial charge in [-0.2, -0.15) is 5.10 Å². The molecule has 1 N–H and O–H groups in total. The summed E-state index contributed by atoms with van der Waals surface area (Å²) < 4.78 is 1.18. The van der Waals surface area contributed by atoms with Gasteiger partial charge in [0.05, 0.1) is 5.69 Å². The van der Waals surface area contributed by atoms with E-state index >= 15 is 0 Å². The van der Waals surface area contributed by atoms with Gasteiger partial charge in [-0.1, -0.05) is 0 Å². The number of aromatic hydroxyl groups is 1. The molecule has 0 unspecified atom stereocenters. The molecule has 4 nitrogen and oxygen atoms in total. The van der Waals surface area contributed by atoms with Crippen LogP contribution in [0.15, 0.2) is 10.9 Å². The van der Waals surface area contributed by atoms with Crippen LogP contribution in [0.1, 0.15) is 5.69 Å². The number of nitrogens with zero attached hydrogens (tertiary/aromatic N) is 2. The summed E-state index contributed by atoms with van der Waals surface area (Å²) in [4.78, 5) is 10.7. The van der Waals surface area contributed by atoms with Crippen molar-refractivity contribution in [1.82, 2.24) is 9.78 Å². The first-order valence-corrected chi connectivity index (χ1v) is 2.85. The Morgan fingerprint density at radius 1 is 1.70 bits per heavy atom. The van der Waals surface area contributed by atoms with Crippen molar-refractivity contribution in [2.75, 3.05) is 0 Å². The Morgan fingerprint density at radius 2 is 2.30 bits per heavy atom. The molecule has 0 bridgehead atoms. The Bertz CT molecular complexity index is 303. The summed E-state index contributed by atoms with van der Waals surface area (Å²) in [6.45, 7) is 1.63. The average Bonchev–Trinajstić information content (AvgIpc) is 1.84. The Hall–Kier alpha value is -1.32. The van der Waals surface area contributed by atoms with Gasteiger partial charge in [0, 0.05) is 13.1 Å². The van der Waals surface area contributed by atoms with Gasteiger partial charge in [0.15, 0.2) is 0 Å². The van der Waals surface area contributed by atoms with Gasteiger partial charge < -0.3 is 5.11 Å². The van der Waals surface area contributed by atoms with E-state index in [0.717, 1.165) is 6.07 Å². The predicted molar refractivity (Wildman–Crippen MR) is 35.9 cm³/mol. The minimum absolute atomic E-state index is 0.0527. The predicted octanol–water partition coefficient (Wildman–Crippen LogP) is -0.206. The number of hydrogen-bond donors (Lipinski definition) is 1. The molecule has 0 saturated heterocycles. The first kappa shape index (κ1) is 6.80. The Labute approximate surface area is 57.7 Å². The van der Waals surface area contributed by atoms with Gasteiger partial charge in [-0.05, 0) is 6.92 Å². The Morgan fingerprint density at radius 3 is 2.80 bits per heavy atom. The first-order chi connectivity index (χ1) is 4.61. The molecule has 0 aliphatic rings. The zero-order valence-corrected chi connectivity index (χ0v) is 5.83. The summed E-state index contributed by atoms with van der Waals surface area (Å²) in [6.07, 6.45) is 0. The quantitative estimate of drug-likeness (QED) is 0.542. The highest BCUT2D eigenvalue weighted by molar-refractivity contribution is 5.21. The smallest absolute Gasteiger partial charge is 0.270 e. The first-order valence-electron chi connectivity index (χ1n) is 2.85. The SMILES string of the molecule is Cc1nn(C)c(=O)cc1O.